The van der Waals surface area contributed by atoms with Crippen LogP contribution in [0.3, 0.4) is 0 Å². The minimum absolute atomic E-state index is 0.537. The first-order valence-corrected chi connectivity index (χ1v) is 9.05. The minimum atomic E-state index is -0.537. The molecule has 116 valence electrons. The number of benzene rings is 1. The van der Waals surface area contributed by atoms with Gasteiger partial charge >= 0.3 is 0 Å². The molecule has 1 N–H and O–H groups in total. The zero-order chi connectivity index (χ0) is 14.9. The van der Waals surface area contributed by atoms with Gasteiger partial charge in [-0.05, 0) is 54.9 Å². The molecule has 1 saturated carbocycles. The van der Waals surface area contributed by atoms with Gasteiger partial charge in [-0.1, -0.05) is 35.7 Å². The first-order valence-electron chi connectivity index (χ1n) is 8.26. The van der Waals surface area contributed by atoms with Gasteiger partial charge in [0.1, 0.15) is 5.75 Å². The molecule has 1 aromatic rings. The molecule has 1 heterocycles. The van der Waals surface area contributed by atoms with Crippen LogP contribution in [-0.2, 0) is 12.8 Å². The maximum absolute atomic E-state index is 11.0. The molecule has 0 atom stereocenters. The summed E-state index contributed by atoms with van der Waals surface area (Å²) in [7, 11) is 0. The standard InChI is InChI=1S/C18H25BrO2/c1-2-3-13-4-7-18(20,8-5-13)12-15-11-16(19)10-14-6-9-21-17(14)15/h10-11,13,20H,2-9,12H2,1H3. The number of aliphatic hydroxyl groups is 1. The highest BCUT2D eigenvalue weighted by atomic mass is 79.9. The van der Waals surface area contributed by atoms with Crippen molar-refractivity contribution in [3.8, 4) is 5.75 Å². The fourth-order valence-corrected chi connectivity index (χ4v) is 4.47. The number of ether oxygens (including phenoxy) is 1. The van der Waals surface area contributed by atoms with E-state index in [-0.39, 0.29) is 0 Å². The lowest BCUT2D eigenvalue weighted by Crippen LogP contribution is -2.36. The highest BCUT2D eigenvalue weighted by Crippen LogP contribution is 2.40. The molecule has 0 unspecified atom stereocenters. The Hall–Kier alpha value is -0.540. The summed E-state index contributed by atoms with van der Waals surface area (Å²) in [5.41, 5.74) is 1.92. The summed E-state index contributed by atoms with van der Waals surface area (Å²) in [4.78, 5) is 0. The van der Waals surface area contributed by atoms with E-state index < -0.39 is 5.60 Å². The van der Waals surface area contributed by atoms with Gasteiger partial charge in [-0.3, -0.25) is 0 Å². The maximum atomic E-state index is 11.0. The second-order valence-corrected chi connectivity index (χ2v) is 7.70. The van der Waals surface area contributed by atoms with E-state index in [4.69, 9.17) is 4.74 Å². The third-order valence-corrected chi connectivity index (χ3v) is 5.54. The summed E-state index contributed by atoms with van der Waals surface area (Å²) in [6, 6.07) is 4.27. The van der Waals surface area contributed by atoms with Gasteiger partial charge in [-0.15, -0.1) is 0 Å². The van der Waals surface area contributed by atoms with Crippen LogP contribution in [0, 0.1) is 5.92 Å². The second kappa shape index (κ2) is 6.29. The Kier molecular flexibility index (Phi) is 4.60. The van der Waals surface area contributed by atoms with Gasteiger partial charge in [-0.2, -0.15) is 0 Å². The van der Waals surface area contributed by atoms with Crippen molar-refractivity contribution < 1.29 is 9.84 Å². The van der Waals surface area contributed by atoms with Gasteiger partial charge < -0.3 is 9.84 Å². The Morgan fingerprint density at radius 2 is 2.10 bits per heavy atom. The van der Waals surface area contributed by atoms with E-state index in [1.165, 1.54) is 36.8 Å². The molecule has 2 nitrogen and oxygen atoms in total. The fourth-order valence-electron chi connectivity index (χ4n) is 3.92. The Morgan fingerprint density at radius 3 is 2.81 bits per heavy atom. The molecule has 21 heavy (non-hydrogen) atoms. The number of hydrogen-bond donors (Lipinski definition) is 1. The molecule has 0 bridgehead atoms. The van der Waals surface area contributed by atoms with E-state index in [1.807, 2.05) is 0 Å². The third kappa shape index (κ3) is 3.45. The van der Waals surface area contributed by atoms with Crippen LogP contribution in [0.4, 0.5) is 0 Å². The van der Waals surface area contributed by atoms with Crippen LogP contribution in [0.5, 0.6) is 5.75 Å². The Morgan fingerprint density at radius 1 is 1.33 bits per heavy atom. The van der Waals surface area contributed by atoms with Crippen molar-refractivity contribution in [1.82, 2.24) is 0 Å². The molecule has 0 radical (unpaired) electrons. The average Bonchev–Trinajstić information content (AvgIpc) is 2.90. The third-order valence-electron chi connectivity index (χ3n) is 5.08. The van der Waals surface area contributed by atoms with Crippen LogP contribution in [-0.4, -0.2) is 17.3 Å². The van der Waals surface area contributed by atoms with Crippen molar-refractivity contribution in [2.45, 2.75) is 63.9 Å². The highest BCUT2D eigenvalue weighted by molar-refractivity contribution is 9.10. The van der Waals surface area contributed by atoms with Crippen molar-refractivity contribution in [2.24, 2.45) is 5.92 Å². The van der Waals surface area contributed by atoms with E-state index in [0.29, 0.717) is 0 Å². The van der Waals surface area contributed by atoms with E-state index in [1.54, 1.807) is 0 Å². The molecule has 1 fully saturated rings. The van der Waals surface area contributed by atoms with Crippen molar-refractivity contribution in [3.63, 3.8) is 0 Å². The lowest BCUT2D eigenvalue weighted by molar-refractivity contribution is -0.0103. The number of hydrogen-bond acceptors (Lipinski definition) is 2. The predicted molar refractivity (Wildman–Crippen MR) is 88.9 cm³/mol. The van der Waals surface area contributed by atoms with Crippen molar-refractivity contribution in [1.29, 1.82) is 0 Å². The summed E-state index contributed by atoms with van der Waals surface area (Å²) in [5, 5.41) is 11.0. The smallest absolute Gasteiger partial charge is 0.125 e. The van der Waals surface area contributed by atoms with Crippen LogP contribution < -0.4 is 4.74 Å². The fraction of sp³-hybridized carbons (Fsp3) is 0.667. The maximum Gasteiger partial charge on any atom is 0.125 e. The molecule has 3 rings (SSSR count). The van der Waals surface area contributed by atoms with E-state index in [0.717, 1.165) is 48.4 Å². The molecule has 1 aliphatic carbocycles. The molecular weight excluding hydrogens is 328 g/mol. The SMILES string of the molecule is CCCC1CCC(O)(Cc2cc(Br)cc3c2OCC3)CC1. The monoisotopic (exact) mass is 352 g/mol. The lowest BCUT2D eigenvalue weighted by Gasteiger charge is -2.36. The zero-order valence-corrected chi connectivity index (χ0v) is 14.4. The van der Waals surface area contributed by atoms with Gasteiger partial charge in [0.25, 0.3) is 0 Å². The summed E-state index contributed by atoms with van der Waals surface area (Å²) < 4.78 is 6.90. The van der Waals surface area contributed by atoms with E-state index in [9.17, 15) is 5.11 Å². The van der Waals surface area contributed by atoms with Gasteiger partial charge in [0.2, 0.25) is 0 Å². The summed E-state index contributed by atoms with van der Waals surface area (Å²) in [6.07, 6.45) is 8.48. The lowest BCUT2D eigenvalue weighted by atomic mass is 9.74. The van der Waals surface area contributed by atoms with Gasteiger partial charge in [0.05, 0.1) is 12.2 Å². The van der Waals surface area contributed by atoms with E-state index >= 15 is 0 Å². The molecular formula is C18H25BrO2. The summed E-state index contributed by atoms with van der Waals surface area (Å²) in [5.74, 6) is 1.85. The first-order chi connectivity index (χ1) is 10.1. The molecule has 1 aromatic carbocycles. The second-order valence-electron chi connectivity index (χ2n) is 6.78. The van der Waals surface area contributed by atoms with Crippen molar-refractivity contribution in [2.75, 3.05) is 6.61 Å². The molecule has 2 aliphatic rings. The predicted octanol–water partition coefficient (Wildman–Crippen LogP) is 4.65. The van der Waals surface area contributed by atoms with Crippen LogP contribution in [0.25, 0.3) is 0 Å². The molecule has 1 aliphatic heterocycles. The highest BCUT2D eigenvalue weighted by Gasteiger charge is 2.34. The Labute approximate surface area is 136 Å². The molecule has 3 heteroatoms. The number of rotatable bonds is 4. The van der Waals surface area contributed by atoms with Gasteiger partial charge in [0, 0.05) is 17.3 Å². The molecule has 0 spiro atoms. The zero-order valence-electron chi connectivity index (χ0n) is 12.8. The minimum Gasteiger partial charge on any atom is -0.493 e. The number of fused-ring (bicyclic) bond motifs is 1. The normalized spacial score (nSPS) is 28.2. The first kappa shape index (κ1) is 15.4. The molecule has 0 amide bonds. The van der Waals surface area contributed by atoms with Crippen LogP contribution >= 0.6 is 15.9 Å². The topological polar surface area (TPSA) is 29.5 Å². The van der Waals surface area contributed by atoms with E-state index in [2.05, 4.69) is 35.0 Å². The average molecular weight is 353 g/mol. The Balaban J connectivity index is 1.72. The quantitative estimate of drug-likeness (QED) is 0.854. The van der Waals surface area contributed by atoms with Crippen LogP contribution in [0.15, 0.2) is 16.6 Å². The van der Waals surface area contributed by atoms with Crippen molar-refractivity contribution in [3.05, 3.63) is 27.7 Å². The van der Waals surface area contributed by atoms with Gasteiger partial charge in [-0.25, -0.2) is 0 Å². The Bertz CT molecular complexity index is 504. The molecule has 0 saturated heterocycles. The van der Waals surface area contributed by atoms with Crippen LogP contribution in [0.1, 0.15) is 56.6 Å². The number of halogens is 1. The van der Waals surface area contributed by atoms with Crippen molar-refractivity contribution >= 4 is 15.9 Å². The van der Waals surface area contributed by atoms with Gasteiger partial charge in [0.15, 0.2) is 0 Å². The summed E-state index contributed by atoms with van der Waals surface area (Å²) >= 11 is 3.59. The summed E-state index contributed by atoms with van der Waals surface area (Å²) in [6.45, 7) is 3.03. The molecule has 0 aromatic heterocycles. The van der Waals surface area contributed by atoms with Crippen LogP contribution in [0.2, 0.25) is 0 Å². The largest absolute Gasteiger partial charge is 0.493 e.